The molecular weight excluding hydrogens is 292 g/mol. The van der Waals surface area contributed by atoms with Crippen LogP contribution in [0.15, 0.2) is 41.1 Å². The number of rotatable bonds is 8. The first-order valence-electron chi connectivity index (χ1n) is 7.74. The van der Waals surface area contributed by atoms with E-state index in [0.29, 0.717) is 5.95 Å². The van der Waals surface area contributed by atoms with Gasteiger partial charge in [0.15, 0.2) is 0 Å². The number of thioether (sulfide) groups is 1. The molecule has 1 heterocycles. The molecule has 118 valence electrons. The van der Waals surface area contributed by atoms with Crippen molar-refractivity contribution < 1.29 is 0 Å². The average molecular weight is 316 g/mol. The van der Waals surface area contributed by atoms with Crippen molar-refractivity contribution in [3.63, 3.8) is 0 Å². The molecule has 2 aromatic rings. The van der Waals surface area contributed by atoms with Gasteiger partial charge in [0.1, 0.15) is 0 Å². The van der Waals surface area contributed by atoms with Crippen LogP contribution >= 0.6 is 11.8 Å². The zero-order valence-corrected chi connectivity index (χ0v) is 14.3. The third-order valence-electron chi connectivity index (χ3n) is 3.42. The molecule has 0 unspecified atom stereocenters. The maximum atomic E-state index is 4.44. The monoisotopic (exact) mass is 316 g/mol. The fraction of sp³-hybridized carbons (Fsp3) is 0.412. The molecule has 0 aliphatic carbocycles. The van der Waals surface area contributed by atoms with Crippen molar-refractivity contribution in [2.24, 2.45) is 0 Å². The number of unbranched alkanes of at least 4 members (excludes halogenated alkanes) is 1. The third kappa shape index (κ3) is 5.22. The normalized spacial score (nSPS) is 11.7. The highest BCUT2D eigenvalue weighted by molar-refractivity contribution is 7.99. The SMILES string of the molecule is CC=C(C)CSc1n[nH]c(Nc2ccc(CCCC)cc2)n1. The summed E-state index contributed by atoms with van der Waals surface area (Å²) in [5.74, 6) is 1.60. The van der Waals surface area contributed by atoms with Gasteiger partial charge in [-0.2, -0.15) is 4.98 Å². The van der Waals surface area contributed by atoms with Crippen molar-refractivity contribution in [2.45, 2.75) is 45.2 Å². The summed E-state index contributed by atoms with van der Waals surface area (Å²) in [4.78, 5) is 4.44. The molecule has 0 radical (unpaired) electrons. The number of allylic oxidation sites excluding steroid dienone is 1. The van der Waals surface area contributed by atoms with E-state index in [9.17, 15) is 0 Å². The average Bonchev–Trinajstić information content (AvgIpc) is 2.99. The highest BCUT2D eigenvalue weighted by Crippen LogP contribution is 2.19. The Kier molecular flexibility index (Phi) is 6.52. The molecule has 0 aliphatic heterocycles. The fourth-order valence-electron chi connectivity index (χ4n) is 1.90. The predicted octanol–water partition coefficient (Wildman–Crippen LogP) is 4.95. The van der Waals surface area contributed by atoms with E-state index in [4.69, 9.17) is 0 Å². The molecular formula is C17H24N4S. The lowest BCUT2D eigenvalue weighted by Gasteiger charge is -2.04. The molecule has 1 aromatic carbocycles. The number of anilines is 2. The van der Waals surface area contributed by atoms with E-state index in [1.165, 1.54) is 24.0 Å². The molecule has 0 saturated heterocycles. The summed E-state index contributed by atoms with van der Waals surface area (Å²) >= 11 is 1.63. The van der Waals surface area contributed by atoms with Gasteiger partial charge in [0, 0.05) is 11.4 Å². The second-order valence-electron chi connectivity index (χ2n) is 5.32. The topological polar surface area (TPSA) is 53.6 Å². The van der Waals surface area contributed by atoms with Crippen LogP contribution in [0.4, 0.5) is 11.6 Å². The van der Waals surface area contributed by atoms with Crippen LogP contribution in [-0.2, 0) is 6.42 Å². The van der Waals surface area contributed by atoms with Gasteiger partial charge in [0.05, 0.1) is 0 Å². The molecule has 5 heteroatoms. The molecule has 22 heavy (non-hydrogen) atoms. The van der Waals surface area contributed by atoms with Gasteiger partial charge >= 0.3 is 0 Å². The fourth-order valence-corrected chi connectivity index (χ4v) is 2.69. The van der Waals surface area contributed by atoms with Crippen molar-refractivity contribution in [1.82, 2.24) is 15.2 Å². The van der Waals surface area contributed by atoms with Gasteiger partial charge in [0.2, 0.25) is 11.1 Å². The van der Waals surface area contributed by atoms with E-state index < -0.39 is 0 Å². The number of benzene rings is 1. The number of nitrogens with zero attached hydrogens (tertiary/aromatic N) is 2. The summed E-state index contributed by atoms with van der Waals surface area (Å²) in [6, 6.07) is 8.51. The van der Waals surface area contributed by atoms with Crippen LogP contribution < -0.4 is 5.32 Å². The lowest BCUT2D eigenvalue weighted by Crippen LogP contribution is -1.93. The molecule has 0 bridgehead atoms. The van der Waals surface area contributed by atoms with Crippen LogP contribution in [-0.4, -0.2) is 20.9 Å². The van der Waals surface area contributed by atoms with Crippen LogP contribution in [0.2, 0.25) is 0 Å². The Morgan fingerprint density at radius 2 is 2.09 bits per heavy atom. The van der Waals surface area contributed by atoms with Gasteiger partial charge in [0.25, 0.3) is 0 Å². The molecule has 2 rings (SSSR count). The Bertz CT molecular complexity index is 601. The smallest absolute Gasteiger partial charge is 0.223 e. The largest absolute Gasteiger partial charge is 0.325 e. The van der Waals surface area contributed by atoms with Crippen LogP contribution in [0.1, 0.15) is 39.2 Å². The number of aryl methyl sites for hydroxylation is 1. The highest BCUT2D eigenvalue weighted by Gasteiger charge is 2.04. The minimum absolute atomic E-state index is 0.682. The Morgan fingerprint density at radius 1 is 1.32 bits per heavy atom. The molecule has 0 spiro atoms. The van der Waals surface area contributed by atoms with Gasteiger partial charge in [-0.3, -0.25) is 0 Å². The van der Waals surface area contributed by atoms with Gasteiger partial charge in [-0.25, -0.2) is 5.10 Å². The molecule has 4 nitrogen and oxygen atoms in total. The number of nitrogens with one attached hydrogen (secondary N) is 2. The summed E-state index contributed by atoms with van der Waals surface area (Å²) in [5, 5.41) is 11.2. The number of hydrogen-bond donors (Lipinski definition) is 2. The molecule has 0 saturated carbocycles. The van der Waals surface area contributed by atoms with Crippen LogP contribution in [0.3, 0.4) is 0 Å². The number of H-pyrrole nitrogens is 1. The molecule has 0 atom stereocenters. The molecule has 0 aliphatic rings. The summed E-state index contributed by atoms with van der Waals surface area (Å²) in [6.07, 6.45) is 5.72. The maximum Gasteiger partial charge on any atom is 0.223 e. The Hall–Kier alpha value is -1.75. The van der Waals surface area contributed by atoms with Gasteiger partial charge in [-0.1, -0.05) is 48.9 Å². The number of hydrogen-bond acceptors (Lipinski definition) is 4. The van der Waals surface area contributed by atoms with Crippen molar-refractivity contribution in [2.75, 3.05) is 11.1 Å². The molecule has 0 fully saturated rings. The summed E-state index contributed by atoms with van der Waals surface area (Å²) < 4.78 is 0. The van der Waals surface area contributed by atoms with Gasteiger partial charge < -0.3 is 5.32 Å². The van der Waals surface area contributed by atoms with Crippen molar-refractivity contribution in [3.8, 4) is 0 Å². The number of aromatic amines is 1. The summed E-state index contributed by atoms with van der Waals surface area (Å²) in [7, 11) is 0. The minimum atomic E-state index is 0.682. The van der Waals surface area contributed by atoms with Crippen molar-refractivity contribution in [1.29, 1.82) is 0 Å². The lowest BCUT2D eigenvalue weighted by molar-refractivity contribution is 0.795. The first-order chi connectivity index (χ1) is 10.7. The summed E-state index contributed by atoms with van der Waals surface area (Å²) in [5.41, 5.74) is 3.73. The lowest BCUT2D eigenvalue weighted by atomic mass is 10.1. The van der Waals surface area contributed by atoms with E-state index in [1.807, 2.05) is 6.92 Å². The quantitative estimate of drug-likeness (QED) is 0.534. The molecule has 2 N–H and O–H groups in total. The Morgan fingerprint density at radius 3 is 2.77 bits per heavy atom. The van der Waals surface area contributed by atoms with E-state index in [-0.39, 0.29) is 0 Å². The first kappa shape index (κ1) is 16.6. The minimum Gasteiger partial charge on any atom is -0.325 e. The van der Waals surface area contributed by atoms with Crippen LogP contribution in [0.5, 0.6) is 0 Å². The highest BCUT2D eigenvalue weighted by atomic mass is 32.2. The van der Waals surface area contributed by atoms with E-state index >= 15 is 0 Å². The summed E-state index contributed by atoms with van der Waals surface area (Å²) in [6.45, 7) is 6.37. The Balaban J connectivity index is 1.89. The Labute approximate surface area is 136 Å². The van der Waals surface area contributed by atoms with Crippen LogP contribution in [0, 0.1) is 0 Å². The van der Waals surface area contributed by atoms with Crippen molar-refractivity contribution >= 4 is 23.4 Å². The first-order valence-corrected chi connectivity index (χ1v) is 8.72. The number of aromatic nitrogens is 3. The van der Waals surface area contributed by atoms with Gasteiger partial charge in [-0.15, -0.1) is 5.10 Å². The predicted molar refractivity (Wildman–Crippen MR) is 94.9 cm³/mol. The second-order valence-corrected chi connectivity index (χ2v) is 6.26. The van der Waals surface area contributed by atoms with Gasteiger partial charge in [-0.05, 0) is 44.4 Å². The third-order valence-corrected chi connectivity index (χ3v) is 4.46. The zero-order valence-electron chi connectivity index (χ0n) is 13.5. The zero-order chi connectivity index (χ0) is 15.8. The second kappa shape index (κ2) is 8.63. The maximum absolute atomic E-state index is 4.44. The van der Waals surface area contributed by atoms with Crippen LogP contribution in [0.25, 0.3) is 0 Å². The molecule has 0 amide bonds. The van der Waals surface area contributed by atoms with E-state index in [2.05, 4.69) is 64.7 Å². The molecule has 1 aromatic heterocycles. The van der Waals surface area contributed by atoms with E-state index in [0.717, 1.165) is 23.0 Å². The van der Waals surface area contributed by atoms with E-state index in [1.54, 1.807) is 11.8 Å². The van der Waals surface area contributed by atoms with Crippen molar-refractivity contribution in [3.05, 3.63) is 41.5 Å². The standard InChI is InChI=1S/C17H24N4S/c1-4-6-7-14-8-10-15(11-9-14)18-16-19-17(21-20-16)22-12-13(3)5-2/h5,8-11H,4,6-7,12H2,1-3H3,(H2,18,19,20,21).